The number of carbonyl (C=O) groups is 3. The van der Waals surface area contributed by atoms with Crippen LogP contribution in [0.5, 0.6) is 0 Å². The van der Waals surface area contributed by atoms with Crippen LogP contribution >= 0.6 is 0 Å². The molecule has 228 valence electrons. The van der Waals surface area contributed by atoms with E-state index in [0.717, 1.165) is 33.7 Å². The molecule has 0 bridgehead atoms. The van der Waals surface area contributed by atoms with E-state index in [4.69, 9.17) is 4.42 Å². The fourth-order valence-electron chi connectivity index (χ4n) is 5.46. The van der Waals surface area contributed by atoms with Gasteiger partial charge in [0, 0.05) is 30.3 Å². The molecule has 3 aromatic carbocycles. The zero-order valence-corrected chi connectivity index (χ0v) is 25.4. The maximum absolute atomic E-state index is 14.0. The highest BCUT2D eigenvalue weighted by molar-refractivity contribution is 6.00. The summed E-state index contributed by atoms with van der Waals surface area (Å²) in [7, 11) is 1.58. The van der Waals surface area contributed by atoms with E-state index < -0.39 is 11.6 Å². The normalized spacial score (nSPS) is 14.8. The minimum Gasteiger partial charge on any atom is -0.468 e. The predicted octanol–water partition coefficient (Wildman–Crippen LogP) is 5.62. The van der Waals surface area contributed by atoms with Gasteiger partial charge in [0.05, 0.1) is 25.0 Å². The van der Waals surface area contributed by atoms with Gasteiger partial charge in [0.1, 0.15) is 11.8 Å². The van der Waals surface area contributed by atoms with Crippen molar-refractivity contribution in [1.82, 2.24) is 16.0 Å². The number of carbonyl (C=O) groups excluding carboxylic acids is 3. The lowest BCUT2D eigenvalue weighted by molar-refractivity contribution is -0.128. The Morgan fingerprint density at radius 1 is 0.955 bits per heavy atom. The van der Waals surface area contributed by atoms with Crippen LogP contribution < -0.4 is 26.2 Å². The molecule has 4 amide bonds. The van der Waals surface area contributed by atoms with Gasteiger partial charge in [-0.15, -0.1) is 0 Å². The molecule has 9 heteroatoms. The summed E-state index contributed by atoms with van der Waals surface area (Å²) in [5, 5.41) is 11.8. The number of para-hydroxylation sites is 2. The first kappa shape index (κ1) is 30.6. The average Bonchev–Trinajstić information content (AvgIpc) is 3.51. The Bertz CT molecular complexity index is 1600. The fraction of sp³-hybridized carbons (Fsp3) is 0.286. The lowest BCUT2D eigenvalue weighted by atomic mass is 9.99. The maximum atomic E-state index is 14.0. The number of benzene rings is 3. The number of hydrogen-bond acceptors (Lipinski definition) is 5. The van der Waals surface area contributed by atoms with Crippen LogP contribution in [-0.4, -0.2) is 36.5 Å². The van der Waals surface area contributed by atoms with Crippen LogP contribution in [0.25, 0.3) is 11.1 Å². The number of amides is 4. The second-order valence-corrected chi connectivity index (χ2v) is 11.7. The Hall–Kier alpha value is -4.89. The van der Waals surface area contributed by atoms with Crippen molar-refractivity contribution in [3.63, 3.8) is 0 Å². The Morgan fingerprint density at radius 2 is 1.70 bits per heavy atom. The number of anilines is 2. The van der Waals surface area contributed by atoms with Crippen molar-refractivity contribution in [3.8, 4) is 11.1 Å². The van der Waals surface area contributed by atoms with Crippen molar-refractivity contribution < 1.29 is 18.8 Å². The summed E-state index contributed by atoms with van der Waals surface area (Å²) in [6.07, 6.45) is 3.03. The fourth-order valence-corrected chi connectivity index (χ4v) is 5.46. The van der Waals surface area contributed by atoms with E-state index in [1.165, 1.54) is 0 Å². The van der Waals surface area contributed by atoms with Gasteiger partial charge in [-0.25, -0.2) is 4.79 Å². The van der Waals surface area contributed by atoms with E-state index >= 15 is 0 Å². The molecule has 44 heavy (non-hydrogen) atoms. The summed E-state index contributed by atoms with van der Waals surface area (Å²) in [5.74, 6) is 0.483. The molecule has 5 rings (SSSR count). The quantitative estimate of drug-likeness (QED) is 0.191. The molecule has 4 N–H and O–H groups in total. The third-order valence-electron chi connectivity index (χ3n) is 7.82. The van der Waals surface area contributed by atoms with Crippen molar-refractivity contribution in [1.29, 1.82) is 0 Å². The summed E-state index contributed by atoms with van der Waals surface area (Å²) in [6, 6.07) is 26.3. The molecule has 0 aliphatic carbocycles. The van der Waals surface area contributed by atoms with E-state index in [1.807, 2.05) is 98.8 Å². The second kappa shape index (κ2) is 13.6. The van der Waals surface area contributed by atoms with Crippen LogP contribution in [0.15, 0.2) is 95.6 Å². The van der Waals surface area contributed by atoms with Crippen molar-refractivity contribution in [2.24, 2.45) is 0 Å². The third kappa shape index (κ3) is 7.54. The van der Waals surface area contributed by atoms with Crippen LogP contribution in [0.4, 0.5) is 16.2 Å². The van der Waals surface area contributed by atoms with Gasteiger partial charge < -0.3 is 30.6 Å². The van der Waals surface area contributed by atoms with Gasteiger partial charge in [0.2, 0.25) is 11.8 Å². The van der Waals surface area contributed by atoms with E-state index in [9.17, 15) is 14.4 Å². The average molecular weight is 594 g/mol. The Kier molecular flexibility index (Phi) is 9.45. The molecule has 0 radical (unpaired) electrons. The molecule has 0 spiro atoms. The van der Waals surface area contributed by atoms with E-state index in [2.05, 4.69) is 21.3 Å². The van der Waals surface area contributed by atoms with E-state index in [1.54, 1.807) is 18.2 Å². The molecule has 1 aliphatic rings. The Labute approximate surface area is 258 Å². The summed E-state index contributed by atoms with van der Waals surface area (Å²) in [5.41, 5.74) is 4.92. The van der Waals surface area contributed by atoms with E-state index in [0.29, 0.717) is 31.6 Å². The molecule has 0 saturated carbocycles. The molecule has 1 atom stereocenters. The molecule has 4 aromatic rings. The number of rotatable bonds is 10. The highest BCUT2D eigenvalue weighted by atomic mass is 16.3. The van der Waals surface area contributed by atoms with Crippen LogP contribution in [-0.2, 0) is 29.1 Å². The molecule has 0 saturated heterocycles. The summed E-state index contributed by atoms with van der Waals surface area (Å²) in [6.45, 7) is 4.79. The van der Waals surface area contributed by atoms with Crippen LogP contribution in [0.1, 0.15) is 43.6 Å². The standard InChI is InChI=1S/C35H39N5O4/c1-35(2,37-22-27-10-8-20-44-27)21-32(41)38-30-19-18-26-9-4-7-13-31(26)40(33(30)42)23-24-14-16-25(17-15-24)28-11-5-6-12-29(28)39-34(43)36-3/h4-17,20,30,37H,18-19,21-23H2,1-3H3,(H,38,41)(H2,36,39,43)/t30-/m1/s1. The summed E-state index contributed by atoms with van der Waals surface area (Å²) < 4.78 is 5.40. The predicted molar refractivity (Wildman–Crippen MR) is 172 cm³/mol. The molecule has 0 unspecified atom stereocenters. The topological polar surface area (TPSA) is 116 Å². The Morgan fingerprint density at radius 3 is 2.45 bits per heavy atom. The third-order valence-corrected chi connectivity index (χ3v) is 7.82. The lowest BCUT2D eigenvalue weighted by Crippen LogP contribution is -2.50. The van der Waals surface area contributed by atoms with Gasteiger partial charge in [-0.3, -0.25) is 9.59 Å². The minimum atomic E-state index is -0.641. The molecule has 0 fully saturated rings. The number of nitrogens with zero attached hydrogens (tertiary/aromatic N) is 1. The number of fused-ring (bicyclic) bond motifs is 1. The SMILES string of the molecule is CNC(=O)Nc1ccccc1-c1ccc(CN2C(=O)[C@H](NC(=O)CC(C)(C)NCc3ccco3)CCc3ccccc32)cc1. The zero-order chi connectivity index (χ0) is 31.1. The number of aryl methyl sites for hydroxylation is 1. The minimum absolute atomic E-state index is 0.131. The number of hydrogen-bond donors (Lipinski definition) is 4. The second-order valence-electron chi connectivity index (χ2n) is 11.7. The highest BCUT2D eigenvalue weighted by Gasteiger charge is 2.32. The number of furan rings is 1. The van der Waals surface area contributed by atoms with Crippen LogP contribution in [0.2, 0.25) is 0 Å². The molecule has 1 aromatic heterocycles. The van der Waals surface area contributed by atoms with Crippen molar-refractivity contribution in [2.75, 3.05) is 17.3 Å². The van der Waals surface area contributed by atoms with Crippen molar-refractivity contribution in [3.05, 3.63) is 108 Å². The molecule has 9 nitrogen and oxygen atoms in total. The van der Waals surface area contributed by atoms with E-state index in [-0.39, 0.29) is 24.3 Å². The summed E-state index contributed by atoms with van der Waals surface area (Å²) >= 11 is 0. The Balaban J connectivity index is 1.30. The smallest absolute Gasteiger partial charge is 0.318 e. The van der Waals surface area contributed by atoms with Gasteiger partial charge in [-0.2, -0.15) is 0 Å². The molecular weight excluding hydrogens is 554 g/mol. The molecular formula is C35H39N5O4. The van der Waals surface area contributed by atoms with Gasteiger partial charge >= 0.3 is 6.03 Å². The van der Waals surface area contributed by atoms with Gasteiger partial charge in [-0.1, -0.05) is 60.7 Å². The van der Waals surface area contributed by atoms with Gasteiger partial charge in [0.25, 0.3) is 0 Å². The first-order valence-corrected chi connectivity index (χ1v) is 14.9. The first-order chi connectivity index (χ1) is 21.2. The zero-order valence-electron chi connectivity index (χ0n) is 25.4. The largest absolute Gasteiger partial charge is 0.468 e. The lowest BCUT2D eigenvalue weighted by Gasteiger charge is -2.29. The van der Waals surface area contributed by atoms with Gasteiger partial charge in [-0.05, 0) is 67.6 Å². The van der Waals surface area contributed by atoms with Crippen LogP contribution in [0.3, 0.4) is 0 Å². The number of urea groups is 1. The van der Waals surface area contributed by atoms with Crippen molar-refractivity contribution >= 4 is 29.2 Å². The highest BCUT2D eigenvalue weighted by Crippen LogP contribution is 2.31. The first-order valence-electron chi connectivity index (χ1n) is 14.9. The maximum Gasteiger partial charge on any atom is 0.318 e. The molecule has 2 heterocycles. The van der Waals surface area contributed by atoms with Gasteiger partial charge in [0.15, 0.2) is 0 Å². The number of nitrogens with one attached hydrogen (secondary N) is 4. The molecule has 1 aliphatic heterocycles. The summed E-state index contributed by atoms with van der Waals surface area (Å²) in [4.78, 5) is 40.9. The van der Waals surface area contributed by atoms with Crippen molar-refractivity contribution in [2.45, 2.75) is 57.8 Å². The van der Waals surface area contributed by atoms with Crippen LogP contribution in [0, 0.1) is 0 Å². The monoisotopic (exact) mass is 593 g/mol.